The van der Waals surface area contributed by atoms with Crippen LogP contribution in [0.5, 0.6) is 0 Å². The zero-order chi connectivity index (χ0) is 15.4. The lowest BCUT2D eigenvalue weighted by molar-refractivity contribution is -0.144. The first-order valence-corrected chi connectivity index (χ1v) is 8.20. The molecule has 0 heterocycles. The van der Waals surface area contributed by atoms with Crippen LogP contribution in [0.15, 0.2) is 0 Å². The molecule has 0 fully saturated rings. The number of nitrogens with one attached hydrogen (secondary N) is 1. The van der Waals surface area contributed by atoms with Gasteiger partial charge in [-0.05, 0) is 52.2 Å². The zero-order valence-corrected chi connectivity index (χ0v) is 13.9. The average molecular weight is 286 g/mol. The Balaban J connectivity index is 4.39. The van der Waals surface area contributed by atoms with E-state index in [-0.39, 0.29) is 0 Å². The monoisotopic (exact) mass is 286 g/mol. The van der Waals surface area contributed by atoms with Crippen molar-refractivity contribution in [3.63, 3.8) is 0 Å². The summed E-state index contributed by atoms with van der Waals surface area (Å²) in [7, 11) is 0. The molecule has 0 saturated carbocycles. The first-order chi connectivity index (χ1) is 9.50. The maximum Gasteiger partial charge on any atom is 0.323 e. The Hall–Kier alpha value is -0.610. The third kappa shape index (κ3) is 7.85. The lowest BCUT2D eigenvalue weighted by Gasteiger charge is -2.30. The molecule has 20 heavy (non-hydrogen) atoms. The van der Waals surface area contributed by atoms with Crippen LogP contribution < -0.4 is 5.32 Å². The van der Waals surface area contributed by atoms with E-state index in [0.29, 0.717) is 6.42 Å². The molecule has 0 saturated heterocycles. The normalized spacial score (nSPS) is 14.4. The van der Waals surface area contributed by atoms with Gasteiger partial charge in [-0.25, -0.2) is 0 Å². The van der Waals surface area contributed by atoms with Crippen molar-refractivity contribution in [1.82, 2.24) is 10.2 Å². The summed E-state index contributed by atoms with van der Waals surface area (Å²) in [5.41, 5.74) is -0.799. The maximum atomic E-state index is 11.5. The second kappa shape index (κ2) is 11.1. The fourth-order valence-corrected chi connectivity index (χ4v) is 2.15. The molecule has 0 spiro atoms. The number of carboxylic acids is 1. The quantitative estimate of drug-likeness (QED) is 0.546. The minimum atomic E-state index is -0.799. The second-order valence-corrected chi connectivity index (χ2v) is 5.86. The predicted molar refractivity (Wildman–Crippen MR) is 85.2 cm³/mol. The number of unbranched alkanes of at least 4 members (excludes halogenated alkanes) is 2. The topological polar surface area (TPSA) is 52.6 Å². The van der Waals surface area contributed by atoms with E-state index in [4.69, 9.17) is 0 Å². The summed E-state index contributed by atoms with van der Waals surface area (Å²) in [4.78, 5) is 13.9. The van der Waals surface area contributed by atoms with Gasteiger partial charge in [0.2, 0.25) is 0 Å². The van der Waals surface area contributed by atoms with Crippen molar-refractivity contribution in [3.8, 4) is 0 Å². The highest BCUT2D eigenvalue weighted by Crippen LogP contribution is 2.12. The summed E-state index contributed by atoms with van der Waals surface area (Å²) >= 11 is 0. The Morgan fingerprint density at radius 2 is 1.60 bits per heavy atom. The smallest absolute Gasteiger partial charge is 0.323 e. The molecule has 0 aliphatic heterocycles. The van der Waals surface area contributed by atoms with Gasteiger partial charge in [-0.1, -0.05) is 33.6 Å². The molecule has 1 atom stereocenters. The van der Waals surface area contributed by atoms with E-state index in [9.17, 15) is 9.90 Å². The van der Waals surface area contributed by atoms with E-state index in [2.05, 4.69) is 31.0 Å². The summed E-state index contributed by atoms with van der Waals surface area (Å²) in [6.07, 6.45) is 6.37. The largest absolute Gasteiger partial charge is 0.480 e. The van der Waals surface area contributed by atoms with Crippen molar-refractivity contribution in [3.05, 3.63) is 0 Å². The third-order valence-electron chi connectivity index (χ3n) is 3.82. The van der Waals surface area contributed by atoms with Crippen LogP contribution in [-0.4, -0.2) is 47.7 Å². The van der Waals surface area contributed by atoms with Crippen LogP contribution in [0.25, 0.3) is 0 Å². The molecule has 4 nitrogen and oxygen atoms in total. The van der Waals surface area contributed by atoms with Crippen molar-refractivity contribution in [2.75, 3.05) is 26.2 Å². The fraction of sp³-hybridized carbons (Fsp3) is 0.938. The molecule has 120 valence electrons. The van der Waals surface area contributed by atoms with Crippen LogP contribution in [0.1, 0.15) is 66.2 Å². The van der Waals surface area contributed by atoms with Crippen LogP contribution in [0, 0.1) is 0 Å². The molecular formula is C16H34N2O2. The third-order valence-corrected chi connectivity index (χ3v) is 3.82. The molecule has 0 bridgehead atoms. The SMILES string of the molecule is CCCCN(CCCC)CCC(C)(NCCC)C(=O)O. The first kappa shape index (κ1) is 19.4. The number of rotatable bonds is 13. The molecule has 4 heteroatoms. The number of carbonyl (C=O) groups is 1. The number of carboxylic acid groups (broad SMARTS) is 1. The van der Waals surface area contributed by atoms with Crippen molar-refractivity contribution in [1.29, 1.82) is 0 Å². The van der Waals surface area contributed by atoms with E-state index >= 15 is 0 Å². The van der Waals surface area contributed by atoms with Crippen LogP contribution in [-0.2, 0) is 4.79 Å². The van der Waals surface area contributed by atoms with Gasteiger partial charge in [-0.2, -0.15) is 0 Å². The molecule has 0 aromatic carbocycles. The van der Waals surface area contributed by atoms with Gasteiger partial charge in [0.1, 0.15) is 5.54 Å². The molecule has 0 radical (unpaired) electrons. The van der Waals surface area contributed by atoms with Gasteiger partial charge < -0.3 is 15.3 Å². The zero-order valence-electron chi connectivity index (χ0n) is 13.9. The maximum absolute atomic E-state index is 11.5. The summed E-state index contributed by atoms with van der Waals surface area (Å²) in [5.74, 6) is -0.739. The van der Waals surface area contributed by atoms with Crippen LogP contribution >= 0.6 is 0 Å². The highest BCUT2D eigenvalue weighted by molar-refractivity contribution is 5.78. The minimum absolute atomic E-state index is 0.662. The van der Waals surface area contributed by atoms with E-state index < -0.39 is 11.5 Å². The predicted octanol–water partition coefficient (Wildman–Crippen LogP) is 3.12. The highest BCUT2D eigenvalue weighted by Gasteiger charge is 2.32. The van der Waals surface area contributed by atoms with Crippen molar-refractivity contribution < 1.29 is 9.90 Å². The Kier molecular flexibility index (Phi) is 10.8. The molecule has 0 rings (SSSR count). The second-order valence-electron chi connectivity index (χ2n) is 5.86. The van der Waals surface area contributed by atoms with Gasteiger partial charge in [0, 0.05) is 6.54 Å². The van der Waals surface area contributed by atoms with E-state index in [0.717, 1.165) is 32.6 Å². The Bertz CT molecular complexity index is 251. The summed E-state index contributed by atoms with van der Waals surface area (Å²) in [5, 5.41) is 12.6. The standard InChI is InChI=1S/C16H34N2O2/c1-5-8-12-18(13-9-6-2)14-10-16(4,15(19)20)17-11-7-3/h17H,5-14H2,1-4H3,(H,19,20). The van der Waals surface area contributed by atoms with E-state index in [1.165, 1.54) is 25.7 Å². The lowest BCUT2D eigenvalue weighted by Crippen LogP contribution is -2.51. The Morgan fingerprint density at radius 1 is 1.05 bits per heavy atom. The van der Waals surface area contributed by atoms with Gasteiger partial charge in [-0.3, -0.25) is 4.79 Å². The molecule has 1 unspecified atom stereocenters. The highest BCUT2D eigenvalue weighted by atomic mass is 16.4. The molecule has 2 N–H and O–H groups in total. The molecule has 0 aliphatic carbocycles. The summed E-state index contributed by atoms with van der Waals surface area (Å²) < 4.78 is 0. The molecule has 0 aromatic rings. The van der Waals surface area contributed by atoms with Crippen LogP contribution in [0.4, 0.5) is 0 Å². The van der Waals surface area contributed by atoms with Gasteiger partial charge in [0.15, 0.2) is 0 Å². The number of hydrogen-bond donors (Lipinski definition) is 2. The first-order valence-electron chi connectivity index (χ1n) is 8.20. The molecule has 0 amide bonds. The Morgan fingerprint density at radius 3 is 2.00 bits per heavy atom. The van der Waals surface area contributed by atoms with E-state index in [1.54, 1.807) is 0 Å². The van der Waals surface area contributed by atoms with E-state index in [1.807, 2.05) is 6.92 Å². The van der Waals surface area contributed by atoms with Gasteiger partial charge in [-0.15, -0.1) is 0 Å². The van der Waals surface area contributed by atoms with Gasteiger partial charge >= 0.3 is 5.97 Å². The van der Waals surface area contributed by atoms with Gasteiger partial charge in [0.25, 0.3) is 0 Å². The van der Waals surface area contributed by atoms with Crippen molar-refractivity contribution >= 4 is 5.97 Å². The molecule has 0 aliphatic rings. The van der Waals surface area contributed by atoms with Crippen LogP contribution in [0.2, 0.25) is 0 Å². The van der Waals surface area contributed by atoms with Crippen LogP contribution in [0.3, 0.4) is 0 Å². The molecule has 0 aromatic heterocycles. The number of nitrogens with zero attached hydrogens (tertiary/aromatic N) is 1. The molecular weight excluding hydrogens is 252 g/mol. The van der Waals surface area contributed by atoms with Crippen molar-refractivity contribution in [2.24, 2.45) is 0 Å². The average Bonchev–Trinajstić information content (AvgIpc) is 2.44. The minimum Gasteiger partial charge on any atom is -0.480 e. The number of hydrogen-bond acceptors (Lipinski definition) is 3. The Labute approximate surface area is 124 Å². The van der Waals surface area contributed by atoms with Gasteiger partial charge in [0.05, 0.1) is 0 Å². The summed E-state index contributed by atoms with van der Waals surface area (Å²) in [6.45, 7) is 12.0. The van der Waals surface area contributed by atoms with Crippen molar-refractivity contribution in [2.45, 2.75) is 71.8 Å². The fourth-order valence-electron chi connectivity index (χ4n) is 2.15. The lowest BCUT2D eigenvalue weighted by atomic mass is 9.97. The summed E-state index contributed by atoms with van der Waals surface area (Å²) in [6, 6.07) is 0. The number of aliphatic carboxylic acids is 1.